The number of piperazine rings is 1. The number of nitrogens with zero attached hydrogens (tertiary/aromatic N) is 2. The predicted molar refractivity (Wildman–Crippen MR) is 72.6 cm³/mol. The Labute approximate surface area is 105 Å². The smallest absolute Gasteiger partial charge is 0.0812 e. The van der Waals surface area contributed by atoms with Crippen molar-refractivity contribution in [2.75, 3.05) is 26.7 Å². The number of rotatable bonds is 2. The van der Waals surface area contributed by atoms with E-state index in [9.17, 15) is 0 Å². The molecule has 0 bridgehead atoms. The van der Waals surface area contributed by atoms with Crippen LogP contribution in [0.2, 0.25) is 0 Å². The van der Waals surface area contributed by atoms with Crippen molar-refractivity contribution in [3.8, 4) is 0 Å². The van der Waals surface area contributed by atoms with Gasteiger partial charge in [-0.25, -0.2) is 4.98 Å². The Morgan fingerprint density at radius 3 is 3.35 bits per heavy atom. The Kier molecular flexibility index (Phi) is 3.09. The summed E-state index contributed by atoms with van der Waals surface area (Å²) in [6.07, 6.45) is 1.11. The lowest BCUT2D eigenvalue weighted by atomic mass is 10.0. The van der Waals surface area contributed by atoms with Gasteiger partial charge in [-0.05, 0) is 31.2 Å². The van der Waals surface area contributed by atoms with Crippen molar-refractivity contribution in [2.24, 2.45) is 0 Å². The minimum absolute atomic E-state index is 0.583. The number of nitrogens with one attached hydrogen (secondary N) is 1. The zero-order valence-electron chi connectivity index (χ0n) is 10.0. The lowest BCUT2D eigenvalue weighted by Gasteiger charge is -2.31. The molecule has 1 aromatic heterocycles. The van der Waals surface area contributed by atoms with Crippen LogP contribution in [0, 0.1) is 0 Å². The van der Waals surface area contributed by atoms with Crippen LogP contribution in [0.15, 0.2) is 23.7 Å². The molecular formula is C13H17N3S. The van der Waals surface area contributed by atoms with E-state index in [2.05, 4.69) is 40.4 Å². The third-order valence-corrected chi connectivity index (χ3v) is 4.13. The lowest BCUT2D eigenvalue weighted by molar-refractivity contribution is 0.238. The summed E-state index contributed by atoms with van der Waals surface area (Å²) in [6, 6.07) is 7.20. The van der Waals surface area contributed by atoms with E-state index in [1.54, 1.807) is 11.3 Å². The summed E-state index contributed by atoms with van der Waals surface area (Å²) in [5.74, 6) is 0. The summed E-state index contributed by atoms with van der Waals surface area (Å²) in [6.45, 7) is 3.40. The number of hydrogen-bond acceptors (Lipinski definition) is 4. The van der Waals surface area contributed by atoms with Gasteiger partial charge in [0.05, 0.1) is 15.7 Å². The molecule has 2 aromatic rings. The number of likely N-dealkylation sites (N-methyl/N-ethyl adjacent to an activating group) is 1. The molecule has 1 aliphatic heterocycles. The summed E-state index contributed by atoms with van der Waals surface area (Å²) in [5, 5.41) is 3.59. The maximum Gasteiger partial charge on any atom is 0.0812 e. The molecule has 0 saturated carbocycles. The van der Waals surface area contributed by atoms with E-state index in [0.29, 0.717) is 6.04 Å². The van der Waals surface area contributed by atoms with Crippen LogP contribution in [0.5, 0.6) is 0 Å². The van der Waals surface area contributed by atoms with Gasteiger partial charge in [-0.2, -0.15) is 0 Å². The first kappa shape index (κ1) is 11.1. The molecule has 17 heavy (non-hydrogen) atoms. The van der Waals surface area contributed by atoms with E-state index < -0.39 is 0 Å². The minimum atomic E-state index is 0.583. The van der Waals surface area contributed by atoms with Crippen LogP contribution < -0.4 is 5.32 Å². The Hall–Kier alpha value is -0.970. The summed E-state index contributed by atoms with van der Waals surface area (Å²) < 4.78 is 1.30. The molecule has 0 amide bonds. The first-order valence-corrected chi connectivity index (χ1v) is 6.93. The Morgan fingerprint density at radius 1 is 1.53 bits per heavy atom. The molecule has 90 valence electrons. The van der Waals surface area contributed by atoms with Crippen LogP contribution in [0.25, 0.3) is 10.2 Å². The molecular weight excluding hydrogens is 230 g/mol. The zero-order valence-corrected chi connectivity index (χ0v) is 10.8. The van der Waals surface area contributed by atoms with Crippen molar-refractivity contribution in [1.29, 1.82) is 0 Å². The molecule has 1 N–H and O–H groups in total. The molecule has 1 unspecified atom stereocenters. The van der Waals surface area contributed by atoms with E-state index in [1.165, 1.54) is 10.3 Å². The highest BCUT2D eigenvalue weighted by atomic mass is 32.1. The number of aromatic nitrogens is 1. The van der Waals surface area contributed by atoms with Gasteiger partial charge < -0.3 is 10.2 Å². The fraction of sp³-hybridized carbons (Fsp3) is 0.462. The fourth-order valence-corrected chi connectivity index (χ4v) is 3.18. The van der Waals surface area contributed by atoms with Gasteiger partial charge in [0, 0.05) is 25.7 Å². The van der Waals surface area contributed by atoms with Crippen LogP contribution in [0.1, 0.15) is 5.56 Å². The number of fused-ring (bicyclic) bond motifs is 1. The van der Waals surface area contributed by atoms with Crippen molar-refractivity contribution in [2.45, 2.75) is 12.5 Å². The lowest BCUT2D eigenvalue weighted by Crippen LogP contribution is -2.49. The Bertz CT molecular complexity index is 508. The Morgan fingerprint density at radius 2 is 2.47 bits per heavy atom. The van der Waals surface area contributed by atoms with Gasteiger partial charge in [0.1, 0.15) is 0 Å². The molecule has 4 heteroatoms. The highest BCUT2D eigenvalue weighted by Crippen LogP contribution is 2.20. The first-order valence-electron chi connectivity index (χ1n) is 6.05. The second-order valence-electron chi connectivity index (χ2n) is 4.77. The summed E-state index contributed by atoms with van der Waals surface area (Å²) in [5.41, 5.74) is 4.45. The third kappa shape index (κ3) is 2.49. The first-order chi connectivity index (χ1) is 8.31. The molecule has 2 heterocycles. The number of hydrogen-bond donors (Lipinski definition) is 1. The second-order valence-corrected chi connectivity index (χ2v) is 5.66. The third-order valence-electron chi connectivity index (χ3n) is 3.34. The zero-order chi connectivity index (χ0) is 11.7. The molecule has 1 atom stereocenters. The van der Waals surface area contributed by atoms with Crippen molar-refractivity contribution < 1.29 is 0 Å². The van der Waals surface area contributed by atoms with Crippen molar-refractivity contribution in [3.63, 3.8) is 0 Å². The van der Waals surface area contributed by atoms with Gasteiger partial charge in [0.2, 0.25) is 0 Å². The molecule has 1 aliphatic rings. The quantitative estimate of drug-likeness (QED) is 0.876. The van der Waals surface area contributed by atoms with Crippen LogP contribution >= 0.6 is 11.3 Å². The highest BCUT2D eigenvalue weighted by molar-refractivity contribution is 7.16. The minimum Gasteiger partial charge on any atom is -0.311 e. The van der Waals surface area contributed by atoms with Gasteiger partial charge in [0.25, 0.3) is 0 Å². The van der Waals surface area contributed by atoms with Crippen molar-refractivity contribution in [1.82, 2.24) is 15.2 Å². The molecule has 3 nitrogen and oxygen atoms in total. The summed E-state index contributed by atoms with van der Waals surface area (Å²) >= 11 is 1.72. The average Bonchev–Trinajstić information content (AvgIpc) is 2.76. The maximum atomic E-state index is 4.31. The van der Waals surface area contributed by atoms with Gasteiger partial charge in [-0.1, -0.05) is 6.07 Å². The summed E-state index contributed by atoms with van der Waals surface area (Å²) in [7, 11) is 2.19. The van der Waals surface area contributed by atoms with Crippen molar-refractivity contribution in [3.05, 3.63) is 29.3 Å². The summed E-state index contributed by atoms with van der Waals surface area (Å²) in [4.78, 5) is 6.71. The topological polar surface area (TPSA) is 28.2 Å². The van der Waals surface area contributed by atoms with Crippen LogP contribution in [-0.4, -0.2) is 42.6 Å². The molecule has 1 aromatic carbocycles. The monoisotopic (exact) mass is 247 g/mol. The standard InChI is InChI=1S/C13H17N3S/c1-16-5-4-14-11(8-16)6-10-2-3-12-13(7-10)17-9-15-12/h2-3,7,9,11,14H,4-6,8H2,1H3. The van der Waals surface area contributed by atoms with E-state index in [-0.39, 0.29) is 0 Å². The average molecular weight is 247 g/mol. The predicted octanol–water partition coefficient (Wildman–Crippen LogP) is 1.74. The van der Waals surface area contributed by atoms with Gasteiger partial charge in [-0.15, -0.1) is 11.3 Å². The van der Waals surface area contributed by atoms with Crippen LogP contribution in [0.4, 0.5) is 0 Å². The second kappa shape index (κ2) is 4.72. The molecule has 1 fully saturated rings. The van der Waals surface area contributed by atoms with E-state index in [0.717, 1.165) is 31.6 Å². The highest BCUT2D eigenvalue weighted by Gasteiger charge is 2.16. The van der Waals surface area contributed by atoms with E-state index in [4.69, 9.17) is 0 Å². The van der Waals surface area contributed by atoms with Crippen molar-refractivity contribution >= 4 is 21.6 Å². The molecule has 0 aliphatic carbocycles. The number of benzene rings is 1. The van der Waals surface area contributed by atoms with E-state index in [1.807, 2.05) is 5.51 Å². The van der Waals surface area contributed by atoms with Gasteiger partial charge in [-0.3, -0.25) is 0 Å². The molecule has 1 saturated heterocycles. The normalized spacial score (nSPS) is 22.1. The van der Waals surface area contributed by atoms with Gasteiger partial charge in [0.15, 0.2) is 0 Å². The van der Waals surface area contributed by atoms with Crippen LogP contribution in [-0.2, 0) is 6.42 Å². The van der Waals surface area contributed by atoms with Crippen LogP contribution in [0.3, 0.4) is 0 Å². The Balaban J connectivity index is 1.75. The number of thiazole rings is 1. The fourth-order valence-electron chi connectivity index (χ4n) is 2.44. The maximum absolute atomic E-state index is 4.31. The van der Waals surface area contributed by atoms with Gasteiger partial charge >= 0.3 is 0 Å². The molecule has 0 spiro atoms. The molecule has 3 rings (SSSR count). The van der Waals surface area contributed by atoms with E-state index >= 15 is 0 Å². The largest absolute Gasteiger partial charge is 0.311 e. The SMILES string of the molecule is CN1CCNC(Cc2ccc3ncsc3c2)C1. The molecule has 0 radical (unpaired) electrons.